The summed E-state index contributed by atoms with van der Waals surface area (Å²) in [5, 5.41) is 9.44. The molecule has 4 rings (SSSR count). The molecule has 0 atom stereocenters. The van der Waals surface area contributed by atoms with Crippen LogP contribution in [-0.2, 0) is 11.8 Å². The highest BCUT2D eigenvalue weighted by Gasteiger charge is 2.21. The summed E-state index contributed by atoms with van der Waals surface area (Å²) in [5.74, 6) is 0.232. The molecular weight excluding hydrogens is 328 g/mol. The lowest BCUT2D eigenvalue weighted by molar-refractivity contribution is 0.0531. The minimum atomic E-state index is -0.331. The molecule has 4 aromatic rings. The van der Waals surface area contributed by atoms with Crippen LogP contribution < -0.4 is 0 Å². The summed E-state index contributed by atoms with van der Waals surface area (Å²) in [5.41, 5.74) is 2.29. The van der Waals surface area contributed by atoms with E-state index in [4.69, 9.17) is 4.74 Å². The van der Waals surface area contributed by atoms with Crippen molar-refractivity contribution in [1.29, 1.82) is 0 Å². The molecule has 9 heteroatoms. The first kappa shape index (κ1) is 14.8. The van der Waals surface area contributed by atoms with E-state index in [0.29, 0.717) is 23.0 Å². The lowest BCUT2D eigenvalue weighted by atomic mass is 10.2. The van der Waals surface area contributed by atoms with Crippen LogP contribution >= 0.6 is 11.3 Å². The topological polar surface area (TPSA) is 87.2 Å². The number of hydrogen-bond donors (Lipinski definition) is 0. The van der Waals surface area contributed by atoms with Crippen LogP contribution in [0.1, 0.15) is 22.2 Å². The molecule has 0 saturated heterocycles. The Morgan fingerprint density at radius 2 is 2.25 bits per heavy atom. The fourth-order valence-corrected chi connectivity index (χ4v) is 3.66. The zero-order valence-electron chi connectivity index (χ0n) is 13.3. The average molecular weight is 342 g/mol. The molecule has 24 heavy (non-hydrogen) atoms. The smallest absolute Gasteiger partial charge is 0.348 e. The van der Waals surface area contributed by atoms with Gasteiger partial charge in [0, 0.05) is 13.2 Å². The largest absolute Gasteiger partial charge is 0.462 e. The monoisotopic (exact) mass is 342 g/mol. The number of aryl methyl sites for hydroxylation is 2. The van der Waals surface area contributed by atoms with E-state index in [2.05, 4.69) is 20.2 Å². The first-order chi connectivity index (χ1) is 11.6. The number of rotatable bonds is 3. The van der Waals surface area contributed by atoms with Gasteiger partial charge in [-0.05, 0) is 25.5 Å². The highest BCUT2D eigenvalue weighted by Crippen LogP contribution is 2.32. The van der Waals surface area contributed by atoms with E-state index in [0.717, 1.165) is 21.5 Å². The average Bonchev–Trinajstić information content (AvgIpc) is 3.23. The SMILES string of the molecule is CCOC(=O)c1sc2ncn3nc(-c4ccnn4C)nc3c2c1C. The van der Waals surface area contributed by atoms with Gasteiger partial charge in [-0.2, -0.15) is 5.10 Å². The summed E-state index contributed by atoms with van der Waals surface area (Å²) in [6.45, 7) is 4.01. The molecule has 0 unspecified atom stereocenters. The molecule has 4 aromatic heterocycles. The van der Waals surface area contributed by atoms with Crippen molar-refractivity contribution in [2.75, 3.05) is 6.61 Å². The maximum absolute atomic E-state index is 12.1. The molecular formula is C15H14N6O2S. The van der Waals surface area contributed by atoms with Gasteiger partial charge in [-0.15, -0.1) is 16.4 Å². The van der Waals surface area contributed by atoms with Crippen LogP contribution in [0.25, 0.3) is 27.4 Å². The first-order valence-corrected chi connectivity index (χ1v) is 8.21. The molecule has 0 aromatic carbocycles. The Hall–Kier alpha value is -2.81. The fraction of sp³-hybridized carbons (Fsp3) is 0.267. The standard InChI is InChI=1S/C15H14N6O2S/c1-4-23-15(22)11-8(2)10-13-18-12(9-5-6-17-20(9)3)19-21(13)7-16-14(10)24-11/h5-7H,4H2,1-3H3. The van der Waals surface area contributed by atoms with Gasteiger partial charge in [0.25, 0.3) is 0 Å². The van der Waals surface area contributed by atoms with Crippen molar-refractivity contribution in [3.05, 3.63) is 29.0 Å². The van der Waals surface area contributed by atoms with Gasteiger partial charge in [-0.25, -0.2) is 19.3 Å². The van der Waals surface area contributed by atoms with Crippen LogP contribution in [0.3, 0.4) is 0 Å². The predicted molar refractivity (Wildman–Crippen MR) is 89.1 cm³/mol. The first-order valence-electron chi connectivity index (χ1n) is 7.40. The Morgan fingerprint density at radius 1 is 1.42 bits per heavy atom. The Morgan fingerprint density at radius 3 is 2.96 bits per heavy atom. The maximum Gasteiger partial charge on any atom is 0.348 e. The summed E-state index contributed by atoms with van der Waals surface area (Å²) < 4.78 is 8.46. The van der Waals surface area contributed by atoms with Crippen LogP contribution in [0.4, 0.5) is 0 Å². The van der Waals surface area contributed by atoms with Crippen molar-refractivity contribution >= 4 is 33.2 Å². The number of ether oxygens (including phenoxy) is 1. The fourth-order valence-electron chi connectivity index (χ4n) is 2.63. The maximum atomic E-state index is 12.1. The zero-order chi connectivity index (χ0) is 16.8. The van der Waals surface area contributed by atoms with Gasteiger partial charge in [-0.3, -0.25) is 4.68 Å². The summed E-state index contributed by atoms with van der Waals surface area (Å²) >= 11 is 1.31. The number of fused-ring (bicyclic) bond motifs is 3. The Balaban J connectivity index is 1.95. The van der Waals surface area contributed by atoms with Crippen LogP contribution in [0.5, 0.6) is 0 Å². The normalized spacial score (nSPS) is 11.5. The van der Waals surface area contributed by atoms with Crippen LogP contribution in [0, 0.1) is 6.92 Å². The summed E-state index contributed by atoms with van der Waals surface area (Å²) in [6, 6.07) is 1.85. The van der Waals surface area contributed by atoms with Crippen LogP contribution in [0.15, 0.2) is 18.6 Å². The van der Waals surface area contributed by atoms with E-state index in [-0.39, 0.29) is 5.97 Å². The second-order valence-corrected chi connectivity index (χ2v) is 6.24. The van der Waals surface area contributed by atoms with E-state index in [9.17, 15) is 4.79 Å². The minimum Gasteiger partial charge on any atom is -0.462 e. The van der Waals surface area contributed by atoms with Crippen molar-refractivity contribution in [2.24, 2.45) is 7.05 Å². The molecule has 0 fully saturated rings. The highest BCUT2D eigenvalue weighted by molar-refractivity contribution is 7.20. The molecule has 8 nitrogen and oxygen atoms in total. The summed E-state index contributed by atoms with van der Waals surface area (Å²) in [7, 11) is 1.84. The Bertz CT molecular complexity index is 1080. The van der Waals surface area contributed by atoms with Crippen molar-refractivity contribution in [1.82, 2.24) is 29.4 Å². The van der Waals surface area contributed by atoms with Gasteiger partial charge >= 0.3 is 5.97 Å². The van der Waals surface area contributed by atoms with Crippen LogP contribution in [-0.4, -0.2) is 41.9 Å². The Kier molecular flexibility index (Phi) is 3.31. The van der Waals surface area contributed by atoms with Gasteiger partial charge in [-0.1, -0.05) is 0 Å². The number of carbonyl (C=O) groups is 1. The third kappa shape index (κ3) is 2.08. The van der Waals surface area contributed by atoms with Gasteiger partial charge < -0.3 is 4.74 Å². The van der Waals surface area contributed by atoms with Gasteiger partial charge in [0.1, 0.15) is 21.7 Å². The van der Waals surface area contributed by atoms with E-state index in [1.165, 1.54) is 11.3 Å². The molecule has 0 N–H and O–H groups in total. The summed E-state index contributed by atoms with van der Waals surface area (Å²) in [4.78, 5) is 22.4. The Labute approximate surface area is 140 Å². The van der Waals surface area contributed by atoms with Crippen molar-refractivity contribution in [2.45, 2.75) is 13.8 Å². The molecule has 0 spiro atoms. The van der Waals surface area contributed by atoms with Crippen LogP contribution in [0.2, 0.25) is 0 Å². The van der Waals surface area contributed by atoms with Gasteiger partial charge in [0.15, 0.2) is 11.5 Å². The second-order valence-electron chi connectivity index (χ2n) is 5.25. The van der Waals surface area contributed by atoms with Gasteiger partial charge in [0.05, 0.1) is 12.0 Å². The molecule has 0 aliphatic heterocycles. The lowest BCUT2D eigenvalue weighted by Crippen LogP contribution is -2.03. The zero-order valence-corrected chi connectivity index (χ0v) is 14.2. The molecule has 0 aliphatic carbocycles. The number of nitrogens with zero attached hydrogens (tertiary/aromatic N) is 6. The predicted octanol–water partition coefficient (Wildman–Crippen LogP) is 2.22. The number of esters is 1. The number of carbonyl (C=O) groups excluding carboxylic acids is 1. The summed E-state index contributed by atoms with van der Waals surface area (Å²) in [6.07, 6.45) is 3.30. The van der Waals surface area contributed by atoms with Crippen molar-refractivity contribution < 1.29 is 9.53 Å². The second kappa shape index (κ2) is 5.38. The number of thiophene rings is 1. The number of hydrogen-bond acceptors (Lipinski definition) is 7. The molecule has 0 radical (unpaired) electrons. The molecule has 4 heterocycles. The van der Waals surface area contributed by atoms with E-state index in [1.807, 2.05) is 20.0 Å². The molecule has 0 aliphatic rings. The molecule has 0 saturated carbocycles. The van der Waals surface area contributed by atoms with E-state index >= 15 is 0 Å². The number of aromatic nitrogens is 6. The lowest BCUT2D eigenvalue weighted by Gasteiger charge is -1.99. The van der Waals surface area contributed by atoms with E-state index < -0.39 is 0 Å². The molecule has 122 valence electrons. The third-order valence-electron chi connectivity index (χ3n) is 3.78. The van der Waals surface area contributed by atoms with Crippen molar-refractivity contribution in [3.8, 4) is 11.5 Å². The third-order valence-corrected chi connectivity index (χ3v) is 4.96. The quantitative estimate of drug-likeness (QED) is 0.531. The highest BCUT2D eigenvalue weighted by atomic mass is 32.1. The van der Waals surface area contributed by atoms with E-state index in [1.54, 1.807) is 28.6 Å². The van der Waals surface area contributed by atoms with Crippen molar-refractivity contribution in [3.63, 3.8) is 0 Å². The minimum absolute atomic E-state index is 0.331. The molecule has 0 bridgehead atoms. The molecule has 0 amide bonds. The van der Waals surface area contributed by atoms with Gasteiger partial charge in [0.2, 0.25) is 0 Å².